The standard InChI is InChI=1S/C81H144O17P2/c1-5-9-13-17-21-25-29-33-35-36-37-38-40-44-46-50-54-58-62-66-79(84)92-72-77(98-81(86)68-64-60-56-52-48-42-32-28-24-20-16-12-8-4)74-96-100(89,90)94-70-75(82)69-93-99(87,88)95-73-76(97-80(85)67-63-59-55-51-47-41-31-27-23-19-15-11-7-3)71-91-78(83)65-61-57-53-49-45-43-39-34-30-26-22-18-14-10-6-2/h10,14,21-22,25-26,28,32-35,37-39,75-77,82H,5-9,11-13,15-20,23-24,27,29-31,36,40-74H2,1-4H3,(H,87,88)(H,89,90)/b14-10-,25-21-,26-22-,32-28-,35-33-,38-37-,39-34-. The molecule has 0 aliphatic rings. The summed E-state index contributed by atoms with van der Waals surface area (Å²) in [6, 6.07) is 0. The van der Waals surface area contributed by atoms with Crippen LogP contribution in [0.1, 0.15) is 349 Å². The molecule has 580 valence electrons. The number of unbranched alkanes of at least 4 members (excludes halogenated alkanes) is 35. The fourth-order valence-electron chi connectivity index (χ4n) is 10.8. The van der Waals surface area contributed by atoms with Crippen molar-refractivity contribution in [2.75, 3.05) is 39.6 Å². The van der Waals surface area contributed by atoms with E-state index in [2.05, 4.69) is 113 Å². The Bertz CT molecular complexity index is 2230. The molecule has 19 heteroatoms. The van der Waals surface area contributed by atoms with Crippen LogP contribution >= 0.6 is 15.6 Å². The molecule has 0 rings (SSSR count). The number of allylic oxidation sites excluding steroid dienone is 14. The first-order chi connectivity index (χ1) is 48.7. The molecule has 0 saturated carbocycles. The van der Waals surface area contributed by atoms with Crippen LogP contribution in [0.5, 0.6) is 0 Å². The second-order valence-corrected chi connectivity index (χ2v) is 29.5. The molecule has 17 nitrogen and oxygen atoms in total. The van der Waals surface area contributed by atoms with Gasteiger partial charge in [-0.1, -0.05) is 286 Å². The fraction of sp³-hybridized carbons (Fsp3) is 0.778. The van der Waals surface area contributed by atoms with Crippen LogP contribution in [0.3, 0.4) is 0 Å². The highest BCUT2D eigenvalue weighted by Crippen LogP contribution is 2.45. The Kier molecular flexibility index (Phi) is 70.8. The van der Waals surface area contributed by atoms with Crippen LogP contribution in [0.2, 0.25) is 0 Å². The van der Waals surface area contributed by atoms with Gasteiger partial charge < -0.3 is 33.8 Å². The maximum absolute atomic E-state index is 13.1. The Morgan fingerprint density at radius 3 is 0.840 bits per heavy atom. The summed E-state index contributed by atoms with van der Waals surface area (Å²) < 4.78 is 68.6. The van der Waals surface area contributed by atoms with Gasteiger partial charge in [0, 0.05) is 25.7 Å². The molecule has 0 aromatic carbocycles. The van der Waals surface area contributed by atoms with Gasteiger partial charge in [0.2, 0.25) is 0 Å². The minimum absolute atomic E-state index is 0.0834. The van der Waals surface area contributed by atoms with Gasteiger partial charge in [0.05, 0.1) is 26.4 Å². The Morgan fingerprint density at radius 1 is 0.290 bits per heavy atom. The number of aliphatic hydroxyl groups is 1. The molecule has 0 heterocycles. The third-order valence-electron chi connectivity index (χ3n) is 16.8. The number of phosphoric acid groups is 2. The number of rotatable bonds is 75. The maximum atomic E-state index is 13.1. The number of hydrogen-bond acceptors (Lipinski definition) is 15. The highest BCUT2D eigenvalue weighted by atomic mass is 31.2. The molecule has 5 atom stereocenters. The second kappa shape index (κ2) is 73.5. The minimum atomic E-state index is -4.98. The molecule has 0 aromatic rings. The number of hydrogen-bond donors (Lipinski definition) is 3. The lowest BCUT2D eigenvalue weighted by molar-refractivity contribution is -0.161. The van der Waals surface area contributed by atoms with E-state index in [4.69, 9.17) is 37.0 Å². The van der Waals surface area contributed by atoms with Crippen molar-refractivity contribution in [3.63, 3.8) is 0 Å². The molecular weight excluding hydrogens is 1310 g/mol. The molecule has 0 aliphatic carbocycles. The fourth-order valence-corrected chi connectivity index (χ4v) is 12.3. The summed E-state index contributed by atoms with van der Waals surface area (Å²) in [6.45, 7) is 4.72. The van der Waals surface area contributed by atoms with Crippen molar-refractivity contribution in [2.45, 2.75) is 367 Å². The average Bonchev–Trinajstić information content (AvgIpc) is 0.936. The molecule has 0 spiro atoms. The predicted molar refractivity (Wildman–Crippen MR) is 409 cm³/mol. The topological polar surface area (TPSA) is 237 Å². The van der Waals surface area contributed by atoms with E-state index >= 15 is 0 Å². The Labute approximate surface area is 608 Å². The monoisotopic (exact) mass is 1450 g/mol. The summed E-state index contributed by atoms with van der Waals surface area (Å²) in [5.41, 5.74) is 0. The lowest BCUT2D eigenvalue weighted by atomic mass is 10.0. The number of ether oxygens (including phenoxy) is 4. The van der Waals surface area contributed by atoms with E-state index in [1.54, 1.807) is 0 Å². The molecule has 0 aliphatic heterocycles. The molecule has 0 radical (unpaired) electrons. The van der Waals surface area contributed by atoms with E-state index < -0.39 is 97.5 Å². The van der Waals surface area contributed by atoms with Crippen LogP contribution in [0.4, 0.5) is 0 Å². The van der Waals surface area contributed by atoms with Gasteiger partial charge in [-0.3, -0.25) is 37.3 Å². The van der Waals surface area contributed by atoms with Crippen LogP contribution in [0.25, 0.3) is 0 Å². The Balaban J connectivity index is 5.33. The maximum Gasteiger partial charge on any atom is 0.472 e. The van der Waals surface area contributed by atoms with Crippen molar-refractivity contribution in [2.24, 2.45) is 0 Å². The number of carbonyl (C=O) groups is 4. The van der Waals surface area contributed by atoms with E-state index in [1.807, 2.05) is 0 Å². The summed E-state index contributed by atoms with van der Waals surface area (Å²) in [5, 5.41) is 10.6. The van der Waals surface area contributed by atoms with Gasteiger partial charge in [-0.15, -0.1) is 0 Å². The SMILES string of the molecule is CC/C=C\C/C=C\C/C=C\CCCCCCCC(=O)OCC(COP(=O)(O)OCC(O)COP(=O)(O)OCC(COC(=O)CCCCCCCC/C=C\C/C=C\C/C=C\CCCCC)OC(=O)CCCCCCC/C=C\CCCCCC)OC(=O)CCCCCCCCCCCCCCC. The second-order valence-electron chi connectivity index (χ2n) is 26.6. The quantitative estimate of drug-likeness (QED) is 0.0169. The summed E-state index contributed by atoms with van der Waals surface area (Å²) in [4.78, 5) is 72.9. The number of carbonyl (C=O) groups excluding carboxylic acids is 4. The van der Waals surface area contributed by atoms with Crippen LogP contribution in [-0.4, -0.2) is 96.7 Å². The third kappa shape index (κ3) is 72.6. The van der Waals surface area contributed by atoms with Crippen molar-refractivity contribution >= 4 is 39.5 Å². The largest absolute Gasteiger partial charge is 0.472 e. The molecule has 5 unspecified atom stereocenters. The van der Waals surface area contributed by atoms with Crippen molar-refractivity contribution < 1.29 is 80.2 Å². The van der Waals surface area contributed by atoms with E-state index in [0.717, 1.165) is 173 Å². The zero-order valence-electron chi connectivity index (χ0n) is 63.4. The number of aliphatic hydroxyl groups excluding tert-OH is 1. The highest BCUT2D eigenvalue weighted by molar-refractivity contribution is 7.47. The van der Waals surface area contributed by atoms with Gasteiger partial charge in [-0.05, 0) is 122 Å². The first-order valence-corrected chi connectivity index (χ1v) is 42.8. The Hall–Kier alpha value is -3.76. The van der Waals surface area contributed by atoms with E-state index in [-0.39, 0.29) is 25.7 Å². The molecule has 3 N–H and O–H groups in total. The first-order valence-electron chi connectivity index (χ1n) is 39.8. The van der Waals surface area contributed by atoms with Gasteiger partial charge in [-0.25, -0.2) is 9.13 Å². The predicted octanol–water partition coefficient (Wildman–Crippen LogP) is 23.0. The number of phosphoric ester groups is 2. The van der Waals surface area contributed by atoms with Crippen LogP contribution in [0.15, 0.2) is 85.1 Å². The normalized spacial score (nSPS) is 14.3. The Morgan fingerprint density at radius 2 is 0.520 bits per heavy atom. The van der Waals surface area contributed by atoms with Crippen molar-refractivity contribution in [3.05, 3.63) is 85.1 Å². The third-order valence-corrected chi connectivity index (χ3v) is 18.7. The molecule has 100 heavy (non-hydrogen) atoms. The average molecular weight is 1450 g/mol. The van der Waals surface area contributed by atoms with Crippen LogP contribution in [-0.2, 0) is 65.4 Å². The zero-order chi connectivity index (χ0) is 73.2. The van der Waals surface area contributed by atoms with E-state index in [9.17, 15) is 43.2 Å². The van der Waals surface area contributed by atoms with Crippen molar-refractivity contribution in [3.8, 4) is 0 Å². The van der Waals surface area contributed by atoms with Crippen LogP contribution in [0, 0.1) is 0 Å². The van der Waals surface area contributed by atoms with Gasteiger partial charge in [0.1, 0.15) is 19.3 Å². The molecule has 0 amide bonds. The van der Waals surface area contributed by atoms with Crippen LogP contribution < -0.4 is 0 Å². The lowest BCUT2D eigenvalue weighted by Gasteiger charge is -2.21. The van der Waals surface area contributed by atoms with Crippen molar-refractivity contribution in [1.82, 2.24) is 0 Å². The summed E-state index contributed by atoms with van der Waals surface area (Å²) in [6.07, 6.45) is 75.6. The molecule has 0 saturated heterocycles. The highest BCUT2D eigenvalue weighted by Gasteiger charge is 2.30. The van der Waals surface area contributed by atoms with Gasteiger partial charge >= 0.3 is 39.5 Å². The summed E-state index contributed by atoms with van der Waals surface area (Å²) in [5.74, 6) is -2.19. The molecule has 0 aromatic heterocycles. The van der Waals surface area contributed by atoms with Crippen molar-refractivity contribution in [1.29, 1.82) is 0 Å². The molecule has 0 fully saturated rings. The van der Waals surface area contributed by atoms with Gasteiger partial charge in [0.15, 0.2) is 12.2 Å². The molecular formula is C81H144O17P2. The summed E-state index contributed by atoms with van der Waals surface area (Å²) >= 11 is 0. The molecule has 0 bridgehead atoms. The van der Waals surface area contributed by atoms with E-state index in [0.29, 0.717) is 25.7 Å². The lowest BCUT2D eigenvalue weighted by Crippen LogP contribution is -2.30. The van der Waals surface area contributed by atoms with Gasteiger partial charge in [-0.2, -0.15) is 0 Å². The van der Waals surface area contributed by atoms with Gasteiger partial charge in [0.25, 0.3) is 0 Å². The minimum Gasteiger partial charge on any atom is -0.462 e. The smallest absolute Gasteiger partial charge is 0.462 e. The number of esters is 4. The summed E-state index contributed by atoms with van der Waals surface area (Å²) in [7, 11) is -9.95. The zero-order valence-corrected chi connectivity index (χ0v) is 65.2. The van der Waals surface area contributed by atoms with E-state index in [1.165, 1.54) is 96.3 Å². The first kappa shape index (κ1) is 96.2.